The van der Waals surface area contributed by atoms with Crippen molar-refractivity contribution >= 4 is 17.8 Å². The van der Waals surface area contributed by atoms with Crippen LogP contribution in [0.5, 0.6) is 0 Å². The largest absolute Gasteiger partial charge is 0.466 e. The van der Waals surface area contributed by atoms with Crippen LogP contribution in [0.2, 0.25) is 0 Å². The summed E-state index contributed by atoms with van der Waals surface area (Å²) in [6, 6.07) is 0. The first-order chi connectivity index (χ1) is 8.45. The molecule has 1 rings (SSSR count). The number of methoxy groups -OCH3 is 1. The van der Waals surface area contributed by atoms with Crippen LogP contribution < -0.4 is 5.32 Å². The number of nitrogens with one attached hydrogen (secondary N) is 1. The molecule has 6 nitrogen and oxygen atoms in total. The van der Waals surface area contributed by atoms with E-state index in [-0.39, 0.29) is 24.3 Å². The Balaban J connectivity index is 2.56. The maximum atomic E-state index is 11.9. The average molecular weight is 257 g/mol. The second kappa shape index (κ2) is 6.37. The second-order valence-corrected chi connectivity index (χ2v) is 4.66. The molecule has 0 aliphatic carbocycles. The van der Waals surface area contributed by atoms with Crippen LogP contribution in [-0.2, 0) is 23.9 Å². The lowest BCUT2D eigenvalue weighted by Gasteiger charge is -2.24. The molecule has 2 atom stereocenters. The number of rotatable bonds is 4. The van der Waals surface area contributed by atoms with Crippen molar-refractivity contribution in [2.75, 3.05) is 13.7 Å². The summed E-state index contributed by atoms with van der Waals surface area (Å²) in [6.45, 7) is 3.82. The molecule has 18 heavy (non-hydrogen) atoms. The fourth-order valence-corrected chi connectivity index (χ4v) is 1.73. The quantitative estimate of drug-likeness (QED) is 0.730. The molecule has 1 aliphatic heterocycles. The first kappa shape index (κ1) is 14.5. The molecule has 0 aromatic carbocycles. The number of esters is 2. The second-order valence-electron chi connectivity index (χ2n) is 4.66. The van der Waals surface area contributed by atoms with Gasteiger partial charge in [-0.25, -0.2) is 4.79 Å². The first-order valence-corrected chi connectivity index (χ1v) is 6.00. The highest BCUT2D eigenvalue weighted by Gasteiger charge is 2.32. The van der Waals surface area contributed by atoms with Crippen LogP contribution in [0, 0.1) is 11.8 Å². The molecule has 6 heteroatoms. The van der Waals surface area contributed by atoms with Crippen molar-refractivity contribution in [1.82, 2.24) is 5.32 Å². The van der Waals surface area contributed by atoms with Gasteiger partial charge in [-0.1, -0.05) is 13.8 Å². The summed E-state index contributed by atoms with van der Waals surface area (Å²) in [5.74, 6) is -1.61. The van der Waals surface area contributed by atoms with Crippen molar-refractivity contribution in [1.29, 1.82) is 0 Å². The fraction of sp³-hybridized carbons (Fsp3) is 0.750. The molecule has 1 fully saturated rings. The van der Waals surface area contributed by atoms with Crippen molar-refractivity contribution in [2.45, 2.75) is 32.8 Å². The predicted octanol–water partition coefficient (Wildman–Crippen LogP) is 0.253. The van der Waals surface area contributed by atoms with Gasteiger partial charge in [-0.2, -0.15) is 0 Å². The summed E-state index contributed by atoms with van der Waals surface area (Å²) in [5.41, 5.74) is 0. The van der Waals surface area contributed by atoms with E-state index < -0.39 is 18.0 Å². The average Bonchev–Trinajstić information content (AvgIpc) is 2.35. The van der Waals surface area contributed by atoms with Crippen LogP contribution in [0.4, 0.5) is 0 Å². The van der Waals surface area contributed by atoms with Gasteiger partial charge in [0.25, 0.3) is 0 Å². The Bertz CT molecular complexity index is 329. The molecule has 102 valence electrons. The van der Waals surface area contributed by atoms with E-state index in [0.717, 1.165) is 0 Å². The van der Waals surface area contributed by atoms with Gasteiger partial charge < -0.3 is 14.8 Å². The Morgan fingerprint density at radius 2 is 2.06 bits per heavy atom. The third-order valence-corrected chi connectivity index (χ3v) is 2.88. The maximum Gasteiger partial charge on any atom is 0.347 e. The molecule has 0 bridgehead atoms. The zero-order valence-electron chi connectivity index (χ0n) is 10.9. The van der Waals surface area contributed by atoms with Crippen LogP contribution in [-0.4, -0.2) is 37.6 Å². The van der Waals surface area contributed by atoms with E-state index in [2.05, 4.69) is 10.1 Å². The molecule has 1 N–H and O–H groups in total. The van der Waals surface area contributed by atoms with Gasteiger partial charge in [-0.3, -0.25) is 9.59 Å². The van der Waals surface area contributed by atoms with Crippen LogP contribution >= 0.6 is 0 Å². The molecule has 1 amide bonds. The Morgan fingerprint density at radius 1 is 1.39 bits per heavy atom. The summed E-state index contributed by atoms with van der Waals surface area (Å²) in [5, 5.41) is 2.60. The van der Waals surface area contributed by atoms with Crippen LogP contribution in [0.25, 0.3) is 0 Å². The lowest BCUT2D eigenvalue weighted by atomic mass is 9.99. The van der Waals surface area contributed by atoms with Crippen molar-refractivity contribution in [3.8, 4) is 0 Å². The number of piperidine rings is 1. The van der Waals surface area contributed by atoms with Gasteiger partial charge in [0.2, 0.25) is 12.0 Å². The summed E-state index contributed by atoms with van der Waals surface area (Å²) in [4.78, 5) is 34.3. The summed E-state index contributed by atoms with van der Waals surface area (Å²) in [6.07, 6.45) is -0.124. The van der Waals surface area contributed by atoms with Gasteiger partial charge >= 0.3 is 11.9 Å². The van der Waals surface area contributed by atoms with Gasteiger partial charge in [0.05, 0.1) is 13.0 Å². The Labute approximate surface area is 106 Å². The van der Waals surface area contributed by atoms with E-state index in [0.29, 0.717) is 12.8 Å². The molecule has 0 spiro atoms. The monoisotopic (exact) mass is 257 g/mol. The lowest BCUT2D eigenvalue weighted by molar-refractivity contribution is -0.172. The van der Waals surface area contributed by atoms with Crippen molar-refractivity contribution in [3.63, 3.8) is 0 Å². The predicted molar refractivity (Wildman–Crippen MR) is 62.5 cm³/mol. The number of hydrogen-bond donors (Lipinski definition) is 1. The zero-order valence-corrected chi connectivity index (χ0v) is 10.9. The molecule has 0 unspecified atom stereocenters. The third kappa shape index (κ3) is 3.72. The molecular weight excluding hydrogens is 238 g/mol. The Hall–Kier alpha value is -1.59. The van der Waals surface area contributed by atoms with E-state index in [9.17, 15) is 14.4 Å². The zero-order chi connectivity index (χ0) is 13.7. The van der Waals surface area contributed by atoms with Crippen LogP contribution in [0.1, 0.15) is 26.7 Å². The first-order valence-electron chi connectivity index (χ1n) is 6.00. The summed E-state index contributed by atoms with van der Waals surface area (Å²) >= 11 is 0. The third-order valence-electron chi connectivity index (χ3n) is 2.88. The van der Waals surface area contributed by atoms with Gasteiger partial charge in [0.1, 0.15) is 0 Å². The Kier molecular flexibility index (Phi) is 5.12. The number of carbonyl (C=O) groups excluding carboxylic acids is 3. The minimum atomic E-state index is -0.889. The van der Waals surface area contributed by atoms with Gasteiger partial charge in [0, 0.05) is 18.9 Å². The topological polar surface area (TPSA) is 81.7 Å². The summed E-state index contributed by atoms with van der Waals surface area (Å²) in [7, 11) is 1.26. The molecule has 0 saturated carbocycles. The number of carbonyl (C=O) groups is 3. The standard InChI is InChI=1S/C12H19NO5/c1-7(2)10(12(16)17-3)18-11(15)8-4-5-9(14)13-6-8/h7-8,10H,4-6H2,1-3H3,(H,13,14)/t8-,10-/m0/s1. The normalized spacial score (nSPS) is 21.1. The molecule has 1 heterocycles. The molecule has 0 aromatic rings. The molecule has 0 radical (unpaired) electrons. The minimum absolute atomic E-state index is 0.0626. The minimum Gasteiger partial charge on any atom is -0.466 e. The molecular formula is C12H19NO5. The van der Waals surface area contributed by atoms with Crippen LogP contribution in [0.3, 0.4) is 0 Å². The van der Waals surface area contributed by atoms with E-state index in [1.807, 2.05) is 0 Å². The number of ether oxygens (including phenoxy) is 2. The van der Waals surface area contributed by atoms with Gasteiger partial charge in [0.15, 0.2) is 0 Å². The lowest BCUT2D eigenvalue weighted by Crippen LogP contribution is -2.42. The molecule has 0 aromatic heterocycles. The summed E-state index contributed by atoms with van der Waals surface area (Å²) < 4.78 is 9.77. The van der Waals surface area contributed by atoms with E-state index >= 15 is 0 Å². The number of amides is 1. The van der Waals surface area contributed by atoms with Crippen LogP contribution in [0.15, 0.2) is 0 Å². The van der Waals surface area contributed by atoms with Gasteiger partial charge in [-0.05, 0) is 6.42 Å². The molecule has 1 aliphatic rings. The van der Waals surface area contributed by atoms with Gasteiger partial charge in [-0.15, -0.1) is 0 Å². The highest BCUT2D eigenvalue weighted by Crippen LogP contribution is 2.16. The maximum absolute atomic E-state index is 11.9. The smallest absolute Gasteiger partial charge is 0.347 e. The van der Waals surface area contributed by atoms with E-state index in [1.165, 1.54) is 7.11 Å². The molecule has 1 saturated heterocycles. The van der Waals surface area contributed by atoms with E-state index in [1.54, 1.807) is 13.8 Å². The van der Waals surface area contributed by atoms with Crippen molar-refractivity contribution in [2.24, 2.45) is 11.8 Å². The fourth-order valence-electron chi connectivity index (χ4n) is 1.73. The highest BCUT2D eigenvalue weighted by molar-refractivity contribution is 5.83. The van der Waals surface area contributed by atoms with E-state index in [4.69, 9.17) is 4.74 Å². The van der Waals surface area contributed by atoms with Crippen molar-refractivity contribution < 1.29 is 23.9 Å². The SMILES string of the molecule is COC(=O)[C@@H](OC(=O)[C@H]1CCC(=O)NC1)C(C)C. The number of hydrogen-bond acceptors (Lipinski definition) is 5. The highest BCUT2D eigenvalue weighted by atomic mass is 16.6. The van der Waals surface area contributed by atoms with Crippen molar-refractivity contribution in [3.05, 3.63) is 0 Å². The Morgan fingerprint density at radius 3 is 2.50 bits per heavy atom.